The third-order valence-corrected chi connectivity index (χ3v) is 6.40. The molecule has 1 aliphatic carbocycles. The summed E-state index contributed by atoms with van der Waals surface area (Å²) in [4.78, 5) is 13.8. The summed E-state index contributed by atoms with van der Waals surface area (Å²) in [5.74, 6) is 0.0145. The van der Waals surface area contributed by atoms with E-state index >= 15 is 0 Å². The molecule has 1 saturated carbocycles. The zero-order valence-corrected chi connectivity index (χ0v) is 16.6. The van der Waals surface area contributed by atoms with Crippen LogP contribution in [0.2, 0.25) is 0 Å². The van der Waals surface area contributed by atoms with E-state index in [9.17, 15) is 26.4 Å². The van der Waals surface area contributed by atoms with Gasteiger partial charge in [0.1, 0.15) is 5.75 Å². The molecule has 1 fully saturated rings. The van der Waals surface area contributed by atoms with Crippen molar-refractivity contribution in [2.45, 2.75) is 56.3 Å². The van der Waals surface area contributed by atoms with E-state index in [0.717, 1.165) is 49.9 Å². The number of rotatable bonds is 7. The van der Waals surface area contributed by atoms with Crippen molar-refractivity contribution in [1.29, 1.82) is 0 Å². The molecule has 28 heavy (non-hydrogen) atoms. The number of ether oxygens (including phenoxy) is 1. The molecule has 1 aliphatic rings. The second-order valence-corrected chi connectivity index (χ2v) is 8.85. The van der Waals surface area contributed by atoms with E-state index in [1.54, 1.807) is 11.9 Å². The van der Waals surface area contributed by atoms with E-state index in [2.05, 4.69) is 16.4 Å². The number of hydrogen-bond acceptors (Lipinski definition) is 4. The first kappa shape index (κ1) is 22.5. The number of nitrogens with one attached hydrogen (secondary N) is 1. The Balaban J connectivity index is 1.85. The number of benzene rings is 1. The van der Waals surface area contributed by atoms with Gasteiger partial charge >= 0.3 is 6.36 Å². The summed E-state index contributed by atoms with van der Waals surface area (Å²) in [7, 11) is -2.20. The smallest absolute Gasteiger partial charge is 0.406 e. The van der Waals surface area contributed by atoms with Gasteiger partial charge in [-0.3, -0.25) is 4.79 Å². The van der Waals surface area contributed by atoms with Gasteiger partial charge in [-0.25, -0.2) is 13.1 Å². The molecule has 2 rings (SSSR count). The molecule has 0 unspecified atom stereocenters. The van der Waals surface area contributed by atoms with Crippen LogP contribution >= 0.6 is 0 Å². The lowest BCUT2D eigenvalue weighted by Gasteiger charge is -2.33. The first-order valence-corrected chi connectivity index (χ1v) is 10.6. The fourth-order valence-corrected chi connectivity index (χ4v) is 4.24. The lowest BCUT2D eigenvalue weighted by atomic mass is 9.86. The van der Waals surface area contributed by atoms with E-state index in [1.807, 2.05) is 0 Å². The molecule has 0 saturated heterocycles. The number of amides is 1. The Morgan fingerprint density at radius 2 is 1.75 bits per heavy atom. The standard InChI is InChI=1S/C18H25F3N2O4S/c1-13-3-5-14(6-4-13)23(2)17(24)11-12-22-28(25,26)16-9-7-15(8-10-16)27-18(19,20)21/h7-10,13-14,22H,3-6,11-12H2,1-2H3. The largest absolute Gasteiger partial charge is 0.573 e. The number of sulfonamides is 1. The maximum atomic E-state index is 12.3. The zero-order valence-electron chi connectivity index (χ0n) is 15.8. The highest BCUT2D eigenvalue weighted by atomic mass is 32.2. The summed E-state index contributed by atoms with van der Waals surface area (Å²) in [6, 6.07) is 4.05. The molecule has 0 aliphatic heterocycles. The van der Waals surface area contributed by atoms with Crippen LogP contribution < -0.4 is 9.46 Å². The fraction of sp³-hybridized carbons (Fsp3) is 0.611. The van der Waals surface area contributed by atoms with Crippen LogP contribution in [0.4, 0.5) is 13.2 Å². The number of carbonyl (C=O) groups is 1. The summed E-state index contributed by atoms with van der Waals surface area (Å²) >= 11 is 0. The number of hydrogen-bond donors (Lipinski definition) is 1. The van der Waals surface area contributed by atoms with E-state index in [4.69, 9.17) is 0 Å². The van der Waals surface area contributed by atoms with Gasteiger partial charge in [0.2, 0.25) is 15.9 Å². The maximum absolute atomic E-state index is 12.3. The summed E-state index contributed by atoms with van der Waals surface area (Å²) in [6.07, 6.45) is -0.798. The number of halogens is 3. The van der Waals surface area contributed by atoms with Gasteiger partial charge in [0.25, 0.3) is 0 Å². The Morgan fingerprint density at radius 1 is 1.18 bits per heavy atom. The summed E-state index contributed by atoms with van der Waals surface area (Å²) in [6.45, 7) is 2.10. The zero-order chi connectivity index (χ0) is 20.9. The number of carbonyl (C=O) groups excluding carboxylic acids is 1. The quantitative estimate of drug-likeness (QED) is 0.732. The van der Waals surface area contributed by atoms with Gasteiger partial charge in [-0.05, 0) is 55.9 Å². The van der Waals surface area contributed by atoms with Crippen LogP contribution in [0, 0.1) is 5.92 Å². The molecule has 1 amide bonds. The first-order valence-electron chi connectivity index (χ1n) is 9.09. The highest BCUT2D eigenvalue weighted by Gasteiger charge is 2.31. The monoisotopic (exact) mass is 422 g/mol. The number of nitrogens with zero attached hydrogens (tertiary/aromatic N) is 1. The minimum atomic E-state index is -4.85. The van der Waals surface area contributed by atoms with Crippen molar-refractivity contribution < 1.29 is 31.1 Å². The van der Waals surface area contributed by atoms with Crippen LogP contribution in [0.15, 0.2) is 29.2 Å². The second kappa shape index (κ2) is 9.13. The van der Waals surface area contributed by atoms with Gasteiger partial charge in [0, 0.05) is 26.1 Å². The predicted octanol–water partition coefficient (Wildman–Crippen LogP) is 3.29. The fourth-order valence-electron chi connectivity index (χ4n) is 3.21. The average molecular weight is 422 g/mol. The Bertz CT molecular complexity index is 758. The van der Waals surface area contributed by atoms with Gasteiger partial charge in [-0.2, -0.15) is 0 Å². The van der Waals surface area contributed by atoms with Crippen molar-refractivity contribution in [1.82, 2.24) is 9.62 Å². The van der Waals surface area contributed by atoms with Gasteiger partial charge in [0.15, 0.2) is 0 Å². The van der Waals surface area contributed by atoms with Crippen LogP contribution in [-0.4, -0.2) is 45.2 Å². The molecular weight excluding hydrogens is 397 g/mol. The summed E-state index contributed by atoms with van der Waals surface area (Å²) in [5, 5.41) is 0. The van der Waals surface area contributed by atoms with Crippen LogP contribution in [-0.2, 0) is 14.8 Å². The lowest BCUT2D eigenvalue weighted by Crippen LogP contribution is -2.40. The van der Waals surface area contributed by atoms with Crippen LogP contribution in [0.3, 0.4) is 0 Å². The van der Waals surface area contributed by atoms with Crippen LogP contribution in [0.5, 0.6) is 5.75 Å². The normalized spacial score (nSPS) is 20.6. The molecule has 0 atom stereocenters. The summed E-state index contributed by atoms with van der Waals surface area (Å²) < 4.78 is 66.9. The van der Waals surface area contributed by atoms with E-state index in [-0.39, 0.29) is 29.8 Å². The van der Waals surface area contributed by atoms with Crippen molar-refractivity contribution in [2.24, 2.45) is 5.92 Å². The third-order valence-electron chi connectivity index (χ3n) is 4.93. The second-order valence-electron chi connectivity index (χ2n) is 7.09. The van der Waals surface area contributed by atoms with Crippen LogP contribution in [0.25, 0.3) is 0 Å². The van der Waals surface area contributed by atoms with Crippen molar-refractivity contribution in [2.75, 3.05) is 13.6 Å². The average Bonchev–Trinajstić information content (AvgIpc) is 2.60. The number of alkyl halides is 3. The topological polar surface area (TPSA) is 75.7 Å². The van der Waals surface area contributed by atoms with Crippen LogP contribution in [0.1, 0.15) is 39.0 Å². The molecule has 1 N–H and O–H groups in total. The Labute approximate surface area is 163 Å². The Kier molecular flexibility index (Phi) is 7.33. The predicted molar refractivity (Wildman–Crippen MR) is 97.1 cm³/mol. The maximum Gasteiger partial charge on any atom is 0.573 e. The molecule has 0 radical (unpaired) electrons. The molecule has 0 spiro atoms. The SMILES string of the molecule is CC1CCC(N(C)C(=O)CCNS(=O)(=O)c2ccc(OC(F)(F)F)cc2)CC1. The molecule has 10 heteroatoms. The van der Waals surface area contributed by atoms with Gasteiger partial charge in [-0.15, -0.1) is 13.2 Å². The third kappa shape index (κ3) is 6.66. The Morgan fingerprint density at radius 3 is 2.29 bits per heavy atom. The first-order chi connectivity index (χ1) is 13.0. The van der Waals surface area contributed by atoms with Crippen molar-refractivity contribution in [3.8, 4) is 5.75 Å². The highest BCUT2D eigenvalue weighted by molar-refractivity contribution is 7.89. The molecule has 158 valence electrons. The lowest BCUT2D eigenvalue weighted by molar-refractivity contribution is -0.274. The van der Waals surface area contributed by atoms with Gasteiger partial charge in [0.05, 0.1) is 4.90 Å². The van der Waals surface area contributed by atoms with Gasteiger partial charge in [-0.1, -0.05) is 6.92 Å². The van der Waals surface area contributed by atoms with Crippen molar-refractivity contribution >= 4 is 15.9 Å². The minimum Gasteiger partial charge on any atom is -0.406 e. The van der Waals surface area contributed by atoms with E-state index in [1.165, 1.54) is 0 Å². The molecule has 1 aromatic carbocycles. The van der Waals surface area contributed by atoms with Crippen molar-refractivity contribution in [3.63, 3.8) is 0 Å². The van der Waals surface area contributed by atoms with Gasteiger partial charge < -0.3 is 9.64 Å². The Hall–Kier alpha value is -1.81. The molecular formula is C18H25F3N2O4S. The molecule has 0 aromatic heterocycles. The summed E-state index contributed by atoms with van der Waals surface area (Å²) in [5.41, 5.74) is 0. The van der Waals surface area contributed by atoms with E-state index < -0.39 is 22.1 Å². The molecule has 0 heterocycles. The minimum absolute atomic E-state index is 0.0110. The molecule has 6 nitrogen and oxygen atoms in total. The van der Waals surface area contributed by atoms with Crippen molar-refractivity contribution in [3.05, 3.63) is 24.3 Å². The molecule has 1 aromatic rings. The molecule has 0 bridgehead atoms. The van der Waals surface area contributed by atoms with E-state index in [0.29, 0.717) is 5.92 Å². The highest BCUT2D eigenvalue weighted by Crippen LogP contribution is 2.27.